The third kappa shape index (κ3) is 14.3. The van der Waals surface area contributed by atoms with Crippen molar-refractivity contribution in [3.63, 3.8) is 0 Å². The van der Waals surface area contributed by atoms with E-state index in [2.05, 4.69) is 16.0 Å². The maximum Gasteiger partial charge on any atom is 0.408 e. The van der Waals surface area contributed by atoms with Crippen molar-refractivity contribution in [2.75, 3.05) is 13.2 Å². The lowest BCUT2D eigenvalue weighted by Crippen LogP contribution is -2.53. The number of carboxylic acids is 1. The van der Waals surface area contributed by atoms with Crippen molar-refractivity contribution in [1.82, 2.24) is 16.0 Å². The molecule has 258 valence electrons. The lowest BCUT2D eigenvalue weighted by atomic mass is 10.0. The molecule has 11 nitrogen and oxygen atoms in total. The summed E-state index contributed by atoms with van der Waals surface area (Å²) in [6.45, 7) is 3.35. The van der Waals surface area contributed by atoms with Crippen molar-refractivity contribution in [3.8, 4) is 5.75 Å². The van der Waals surface area contributed by atoms with Crippen LogP contribution in [0.2, 0.25) is 0 Å². The molecule has 0 spiro atoms. The number of nitrogens with two attached hydrogens (primary N) is 1. The Morgan fingerprint density at radius 2 is 1.48 bits per heavy atom. The van der Waals surface area contributed by atoms with Crippen molar-refractivity contribution in [1.29, 1.82) is 0 Å². The van der Waals surface area contributed by atoms with Gasteiger partial charge in [0.15, 0.2) is 0 Å². The molecule has 0 radical (unpaired) electrons. The molecule has 6 N–H and O–H groups in total. The Balaban J connectivity index is 1.70. The summed E-state index contributed by atoms with van der Waals surface area (Å²) in [7, 11) is 0. The Bertz CT molecular complexity index is 1440. The van der Waals surface area contributed by atoms with Crippen LogP contribution in [0.3, 0.4) is 0 Å². The molecule has 0 aromatic heterocycles. The van der Waals surface area contributed by atoms with Crippen molar-refractivity contribution >= 4 is 23.9 Å². The normalized spacial score (nSPS) is 12.0. The second-order valence-electron chi connectivity index (χ2n) is 11.6. The fourth-order valence-electron chi connectivity index (χ4n) is 4.97. The molecule has 0 saturated carbocycles. The number of aliphatic carboxylic acids is 1. The first kappa shape index (κ1) is 37.6. The Labute approximate surface area is 282 Å². The first-order valence-electron chi connectivity index (χ1n) is 16.5. The van der Waals surface area contributed by atoms with Crippen molar-refractivity contribution < 1.29 is 33.8 Å². The standard InChI is InChI=1S/C37H48N4O7/c1-27-18-20-31(47-23-11-10-22-38)24-30(27)25-39-35(44)33(21-19-28-12-4-2-5-13-28)40-36(45)32(16-8-9-17-34(42)43)41-37(46)48-26-29-14-6-3-7-15-29/h2-7,12-15,18,20,24,32-33H,8-11,16-17,19,21-23,25-26,38H2,1H3,(H,39,44)(H,40,45)(H,41,46)(H,42,43)/t32-,33-/m0/s1. The molecule has 3 aromatic carbocycles. The Morgan fingerprint density at radius 1 is 0.792 bits per heavy atom. The van der Waals surface area contributed by atoms with Crippen LogP contribution in [0.15, 0.2) is 78.9 Å². The van der Waals surface area contributed by atoms with Crippen molar-refractivity contribution in [2.24, 2.45) is 5.73 Å². The zero-order valence-corrected chi connectivity index (χ0v) is 27.6. The van der Waals surface area contributed by atoms with Gasteiger partial charge in [0.25, 0.3) is 0 Å². The smallest absolute Gasteiger partial charge is 0.408 e. The number of carbonyl (C=O) groups excluding carboxylic acids is 3. The number of alkyl carbamates (subject to hydrolysis) is 1. The Morgan fingerprint density at radius 3 is 2.17 bits per heavy atom. The van der Waals surface area contributed by atoms with Crippen molar-refractivity contribution in [2.45, 2.75) is 83.5 Å². The summed E-state index contributed by atoms with van der Waals surface area (Å²) in [5, 5.41) is 17.5. The van der Waals surface area contributed by atoms with Crippen molar-refractivity contribution in [3.05, 3.63) is 101 Å². The second-order valence-corrected chi connectivity index (χ2v) is 11.6. The molecule has 0 saturated heterocycles. The lowest BCUT2D eigenvalue weighted by Gasteiger charge is -2.23. The largest absolute Gasteiger partial charge is 0.494 e. The molecule has 0 bridgehead atoms. The minimum atomic E-state index is -1.04. The first-order chi connectivity index (χ1) is 23.2. The van der Waals surface area contributed by atoms with Gasteiger partial charge in [0.2, 0.25) is 11.8 Å². The van der Waals surface area contributed by atoms with Gasteiger partial charge in [-0.1, -0.05) is 73.2 Å². The zero-order chi connectivity index (χ0) is 34.6. The van der Waals surface area contributed by atoms with E-state index in [1.165, 1.54) is 0 Å². The Kier molecular flexibility index (Phi) is 16.5. The first-order valence-corrected chi connectivity index (χ1v) is 16.5. The van der Waals surface area contributed by atoms with E-state index in [1.807, 2.05) is 85.8 Å². The molecule has 0 fully saturated rings. The van der Waals surface area contributed by atoms with E-state index in [4.69, 9.17) is 20.3 Å². The van der Waals surface area contributed by atoms with E-state index < -0.39 is 30.1 Å². The van der Waals surface area contributed by atoms with Crippen LogP contribution in [0.4, 0.5) is 4.79 Å². The number of benzene rings is 3. The second kappa shape index (κ2) is 21.1. The van der Waals surface area contributed by atoms with Crippen LogP contribution < -0.4 is 26.4 Å². The molecule has 3 rings (SSSR count). The van der Waals surface area contributed by atoms with E-state index in [-0.39, 0.29) is 31.9 Å². The van der Waals surface area contributed by atoms with Crippen LogP contribution in [0, 0.1) is 6.92 Å². The highest BCUT2D eigenvalue weighted by atomic mass is 16.5. The number of unbranched alkanes of at least 4 members (excludes halogenated alkanes) is 2. The van der Waals surface area contributed by atoms with E-state index in [0.29, 0.717) is 44.6 Å². The van der Waals surface area contributed by atoms with Gasteiger partial charge in [-0.3, -0.25) is 14.4 Å². The number of aryl methyl sites for hydroxylation is 2. The molecule has 0 aliphatic heterocycles. The summed E-state index contributed by atoms with van der Waals surface area (Å²) < 4.78 is 11.2. The Hall–Kier alpha value is -4.90. The van der Waals surface area contributed by atoms with Gasteiger partial charge in [0.05, 0.1) is 6.61 Å². The molecule has 0 aliphatic rings. The number of carboxylic acid groups (broad SMARTS) is 1. The predicted octanol–water partition coefficient (Wildman–Crippen LogP) is 4.79. The van der Waals surface area contributed by atoms with E-state index in [9.17, 15) is 19.2 Å². The number of hydrogen-bond acceptors (Lipinski definition) is 7. The van der Waals surface area contributed by atoms with E-state index >= 15 is 0 Å². The molecule has 0 aliphatic carbocycles. The molecular formula is C37H48N4O7. The van der Waals surface area contributed by atoms with Gasteiger partial charge in [-0.15, -0.1) is 0 Å². The summed E-state index contributed by atoms with van der Waals surface area (Å²) in [5.74, 6) is -1.17. The van der Waals surface area contributed by atoms with Crippen LogP contribution >= 0.6 is 0 Å². The summed E-state index contributed by atoms with van der Waals surface area (Å²) in [6.07, 6.45) is 2.58. The topological polar surface area (TPSA) is 169 Å². The third-order valence-electron chi connectivity index (χ3n) is 7.79. The van der Waals surface area contributed by atoms with Gasteiger partial charge in [-0.25, -0.2) is 4.79 Å². The quantitative estimate of drug-likeness (QED) is 0.102. The summed E-state index contributed by atoms with van der Waals surface area (Å²) in [5.41, 5.74) is 9.22. The molecule has 3 amide bonds. The van der Waals surface area contributed by atoms with Gasteiger partial charge in [-0.2, -0.15) is 0 Å². The van der Waals surface area contributed by atoms with Crippen LogP contribution in [-0.2, 0) is 38.7 Å². The third-order valence-corrected chi connectivity index (χ3v) is 7.79. The van der Waals surface area contributed by atoms with Crippen LogP contribution in [0.1, 0.15) is 67.2 Å². The molecular weight excluding hydrogens is 612 g/mol. The maximum atomic E-state index is 13.6. The molecule has 0 heterocycles. The number of nitrogens with one attached hydrogen (secondary N) is 3. The number of ether oxygens (including phenoxy) is 2. The van der Waals surface area contributed by atoms with Crippen LogP contribution in [0.25, 0.3) is 0 Å². The molecule has 48 heavy (non-hydrogen) atoms. The summed E-state index contributed by atoms with van der Waals surface area (Å²) >= 11 is 0. The summed E-state index contributed by atoms with van der Waals surface area (Å²) in [6, 6.07) is 22.5. The predicted molar refractivity (Wildman–Crippen MR) is 183 cm³/mol. The number of amides is 3. The van der Waals surface area contributed by atoms with E-state index in [0.717, 1.165) is 35.1 Å². The van der Waals surface area contributed by atoms with E-state index in [1.54, 1.807) is 0 Å². The SMILES string of the molecule is Cc1ccc(OCCCCN)cc1CNC(=O)[C@H](CCc1ccccc1)NC(=O)[C@H](CCCCC(=O)O)NC(=O)OCc1ccccc1. The fourth-order valence-corrected chi connectivity index (χ4v) is 4.97. The monoisotopic (exact) mass is 660 g/mol. The average Bonchev–Trinajstić information content (AvgIpc) is 3.09. The fraction of sp³-hybridized carbons (Fsp3) is 0.405. The molecule has 2 atom stereocenters. The number of carbonyl (C=O) groups is 4. The minimum Gasteiger partial charge on any atom is -0.494 e. The highest BCUT2D eigenvalue weighted by Crippen LogP contribution is 2.18. The number of rotatable bonds is 21. The van der Waals surface area contributed by atoms with Crippen LogP contribution in [0.5, 0.6) is 5.75 Å². The number of hydrogen-bond donors (Lipinski definition) is 5. The van der Waals surface area contributed by atoms with Gasteiger partial charge >= 0.3 is 12.1 Å². The molecule has 3 aromatic rings. The summed E-state index contributed by atoms with van der Waals surface area (Å²) in [4.78, 5) is 51.0. The molecule has 0 unspecified atom stereocenters. The highest BCUT2D eigenvalue weighted by Gasteiger charge is 2.27. The van der Waals surface area contributed by atoms with Crippen LogP contribution in [-0.4, -0.2) is 54.2 Å². The zero-order valence-electron chi connectivity index (χ0n) is 27.6. The van der Waals surface area contributed by atoms with Gasteiger partial charge in [-0.05, 0) is 86.4 Å². The maximum absolute atomic E-state index is 13.6. The van der Waals surface area contributed by atoms with Gasteiger partial charge in [0, 0.05) is 13.0 Å². The minimum absolute atomic E-state index is 0.0154. The highest BCUT2D eigenvalue weighted by molar-refractivity contribution is 5.91. The van der Waals surface area contributed by atoms with Gasteiger partial charge < -0.3 is 36.3 Å². The molecule has 11 heteroatoms. The lowest BCUT2D eigenvalue weighted by molar-refractivity contribution is -0.137. The van der Waals surface area contributed by atoms with Gasteiger partial charge in [0.1, 0.15) is 24.4 Å². The average molecular weight is 661 g/mol.